The summed E-state index contributed by atoms with van der Waals surface area (Å²) in [7, 11) is 0. The first-order valence-corrected chi connectivity index (χ1v) is 8.90. The molecule has 0 spiro atoms. The van der Waals surface area contributed by atoms with Crippen LogP contribution in [0.15, 0.2) is 23.6 Å². The second-order valence-electron chi connectivity index (χ2n) is 5.92. The van der Waals surface area contributed by atoms with Crippen molar-refractivity contribution in [3.63, 3.8) is 0 Å². The van der Waals surface area contributed by atoms with E-state index >= 15 is 0 Å². The van der Waals surface area contributed by atoms with Crippen LogP contribution >= 0.6 is 11.3 Å². The highest BCUT2D eigenvalue weighted by Crippen LogP contribution is 2.30. The van der Waals surface area contributed by atoms with Crippen LogP contribution in [0.3, 0.4) is 0 Å². The molecule has 2 aromatic rings. The van der Waals surface area contributed by atoms with Crippen molar-refractivity contribution >= 4 is 28.9 Å². The maximum Gasteiger partial charge on any atom is 0.340 e. The first-order valence-electron chi connectivity index (χ1n) is 8.02. The van der Waals surface area contributed by atoms with Crippen LogP contribution < -0.4 is 5.32 Å². The van der Waals surface area contributed by atoms with Gasteiger partial charge in [-0.3, -0.25) is 4.79 Å². The van der Waals surface area contributed by atoms with E-state index in [0.29, 0.717) is 11.6 Å². The minimum absolute atomic E-state index is 0.165. The van der Waals surface area contributed by atoms with Crippen LogP contribution in [0.2, 0.25) is 0 Å². The summed E-state index contributed by atoms with van der Waals surface area (Å²) in [6.07, 6.45) is 2.85. The van der Waals surface area contributed by atoms with Crippen LogP contribution in [0.1, 0.15) is 40.6 Å². The fourth-order valence-electron chi connectivity index (χ4n) is 2.77. The molecule has 0 saturated heterocycles. The van der Waals surface area contributed by atoms with E-state index in [1.807, 2.05) is 0 Å². The molecule has 1 aromatic heterocycles. The van der Waals surface area contributed by atoms with Crippen LogP contribution in [0.5, 0.6) is 0 Å². The Hall–Kier alpha value is -2.28. The second kappa shape index (κ2) is 7.31. The van der Waals surface area contributed by atoms with Crippen LogP contribution in [-0.2, 0) is 22.4 Å². The van der Waals surface area contributed by atoms with E-state index in [4.69, 9.17) is 4.74 Å². The fraction of sp³-hybridized carbons (Fsp3) is 0.333. The molecule has 0 radical (unpaired) electrons. The van der Waals surface area contributed by atoms with Crippen LogP contribution in [-0.4, -0.2) is 18.0 Å². The topological polar surface area (TPSA) is 55.4 Å². The SMILES string of the molecule is C[C@@H](OC(=O)c1csc2c1CCCC2)C(=O)Nc1ccc(F)cc1F. The molecule has 0 fully saturated rings. The Morgan fingerprint density at radius 2 is 2.00 bits per heavy atom. The molecule has 25 heavy (non-hydrogen) atoms. The zero-order chi connectivity index (χ0) is 18.0. The summed E-state index contributed by atoms with van der Waals surface area (Å²) in [5.74, 6) is -2.86. The molecule has 0 unspecified atom stereocenters. The van der Waals surface area contributed by atoms with E-state index < -0.39 is 29.6 Å². The number of hydrogen-bond acceptors (Lipinski definition) is 4. The molecule has 3 rings (SSSR count). The van der Waals surface area contributed by atoms with E-state index in [1.54, 1.807) is 5.38 Å². The van der Waals surface area contributed by atoms with Gasteiger partial charge in [-0.15, -0.1) is 11.3 Å². The third-order valence-corrected chi connectivity index (χ3v) is 5.21. The van der Waals surface area contributed by atoms with E-state index in [1.165, 1.54) is 23.1 Å². The lowest BCUT2D eigenvalue weighted by Crippen LogP contribution is -2.30. The van der Waals surface area contributed by atoms with Crippen molar-refractivity contribution in [2.75, 3.05) is 5.32 Å². The monoisotopic (exact) mass is 365 g/mol. The quantitative estimate of drug-likeness (QED) is 0.831. The number of anilines is 1. The second-order valence-corrected chi connectivity index (χ2v) is 6.88. The van der Waals surface area contributed by atoms with Gasteiger partial charge in [0.2, 0.25) is 0 Å². The summed E-state index contributed by atoms with van der Waals surface area (Å²) in [5.41, 5.74) is 1.35. The Balaban J connectivity index is 1.65. The van der Waals surface area contributed by atoms with Crippen molar-refractivity contribution in [3.05, 3.63) is 51.2 Å². The maximum atomic E-state index is 13.6. The number of fused-ring (bicyclic) bond motifs is 1. The Kier molecular flexibility index (Phi) is 5.13. The van der Waals surface area contributed by atoms with Gasteiger partial charge in [-0.2, -0.15) is 0 Å². The van der Waals surface area contributed by atoms with Gasteiger partial charge < -0.3 is 10.1 Å². The Labute approximate surface area is 147 Å². The van der Waals surface area contributed by atoms with E-state index in [0.717, 1.165) is 43.4 Å². The molecule has 7 heteroatoms. The highest BCUT2D eigenvalue weighted by molar-refractivity contribution is 7.10. The van der Waals surface area contributed by atoms with Crippen LogP contribution in [0.25, 0.3) is 0 Å². The summed E-state index contributed by atoms with van der Waals surface area (Å²) in [6.45, 7) is 1.41. The summed E-state index contributed by atoms with van der Waals surface area (Å²) >= 11 is 1.54. The standard InChI is InChI=1S/C18H17F2NO3S/c1-10(17(22)21-15-7-6-11(19)8-14(15)20)24-18(23)13-9-25-16-5-3-2-4-12(13)16/h6-10H,2-5H2,1H3,(H,21,22)/t10-/m1/s1. The van der Waals surface area contributed by atoms with Crippen molar-refractivity contribution in [1.82, 2.24) is 0 Å². The zero-order valence-electron chi connectivity index (χ0n) is 13.6. The van der Waals surface area contributed by atoms with Gasteiger partial charge in [-0.25, -0.2) is 13.6 Å². The third kappa shape index (κ3) is 3.87. The van der Waals surface area contributed by atoms with Crippen molar-refractivity contribution < 1.29 is 23.1 Å². The predicted octanol–water partition coefficient (Wildman–Crippen LogP) is 4.09. The molecule has 1 aliphatic carbocycles. The lowest BCUT2D eigenvalue weighted by molar-refractivity contribution is -0.123. The third-order valence-electron chi connectivity index (χ3n) is 4.12. The van der Waals surface area contributed by atoms with E-state index in [2.05, 4.69) is 5.32 Å². The molecular weight excluding hydrogens is 348 g/mol. The number of nitrogens with one attached hydrogen (secondary N) is 1. The molecule has 4 nitrogen and oxygen atoms in total. The Morgan fingerprint density at radius 1 is 1.24 bits per heavy atom. The number of amides is 1. The lowest BCUT2D eigenvalue weighted by Gasteiger charge is -2.15. The van der Waals surface area contributed by atoms with Gasteiger partial charge in [0, 0.05) is 16.3 Å². The van der Waals surface area contributed by atoms with Gasteiger partial charge in [-0.05, 0) is 50.3 Å². The molecule has 1 heterocycles. The summed E-state index contributed by atoms with van der Waals surface area (Å²) in [5, 5.41) is 4.06. The van der Waals surface area contributed by atoms with Crippen molar-refractivity contribution in [3.8, 4) is 0 Å². The number of carbonyl (C=O) groups excluding carboxylic acids is 2. The molecule has 1 aliphatic rings. The number of benzene rings is 1. The molecule has 1 amide bonds. The minimum atomic E-state index is -1.10. The summed E-state index contributed by atoms with van der Waals surface area (Å²) in [6, 6.07) is 2.82. The molecule has 1 aromatic carbocycles. The normalized spacial score (nSPS) is 14.5. The van der Waals surface area contributed by atoms with Gasteiger partial charge >= 0.3 is 5.97 Å². The first kappa shape index (κ1) is 17.5. The Morgan fingerprint density at radius 3 is 2.76 bits per heavy atom. The number of hydrogen-bond donors (Lipinski definition) is 1. The number of halogens is 2. The van der Waals surface area contributed by atoms with E-state index in [-0.39, 0.29) is 5.69 Å². The molecule has 132 valence electrons. The molecule has 0 aliphatic heterocycles. The average molecular weight is 365 g/mol. The number of esters is 1. The van der Waals surface area contributed by atoms with Crippen molar-refractivity contribution in [2.24, 2.45) is 0 Å². The fourth-order valence-corrected chi connectivity index (χ4v) is 3.88. The van der Waals surface area contributed by atoms with E-state index in [9.17, 15) is 18.4 Å². The number of ether oxygens (including phenoxy) is 1. The number of carbonyl (C=O) groups is 2. The van der Waals surface area contributed by atoms with Gasteiger partial charge in [0.25, 0.3) is 5.91 Å². The highest BCUT2D eigenvalue weighted by Gasteiger charge is 2.25. The van der Waals surface area contributed by atoms with Crippen molar-refractivity contribution in [2.45, 2.75) is 38.7 Å². The molecule has 0 saturated carbocycles. The smallest absolute Gasteiger partial charge is 0.340 e. The molecule has 0 bridgehead atoms. The largest absolute Gasteiger partial charge is 0.449 e. The van der Waals surface area contributed by atoms with Crippen LogP contribution in [0.4, 0.5) is 14.5 Å². The average Bonchev–Trinajstić information content (AvgIpc) is 3.01. The first-order chi connectivity index (χ1) is 12.0. The minimum Gasteiger partial charge on any atom is -0.449 e. The van der Waals surface area contributed by atoms with Gasteiger partial charge in [0.15, 0.2) is 6.10 Å². The van der Waals surface area contributed by atoms with Crippen LogP contribution in [0, 0.1) is 11.6 Å². The zero-order valence-corrected chi connectivity index (χ0v) is 14.4. The van der Waals surface area contributed by atoms with Crippen molar-refractivity contribution in [1.29, 1.82) is 0 Å². The highest BCUT2D eigenvalue weighted by atomic mass is 32.1. The maximum absolute atomic E-state index is 13.6. The van der Waals surface area contributed by atoms with Gasteiger partial charge in [-0.1, -0.05) is 0 Å². The summed E-state index contributed by atoms with van der Waals surface area (Å²) in [4.78, 5) is 25.6. The Bertz CT molecular complexity index is 819. The molecule has 1 N–H and O–H groups in total. The van der Waals surface area contributed by atoms with Gasteiger partial charge in [0.1, 0.15) is 11.6 Å². The summed E-state index contributed by atoms with van der Waals surface area (Å²) < 4.78 is 31.7. The number of rotatable bonds is 4. The number of thiophene rings is 1. The number of aryl methyl sites for hydroxylation is 1. The molecule has 1 atom stereocenters. The lowest BCUT2D eigenvalue weighted by atomic mass is 9.96. The molecular formula is C18H17F2NO3S. The predicted molar refractivity (Wildman–Crippen MR) is 90.8 cm³/mol. The van der Waals surface area contributed by atoms with Gasteiger partial charge in [0.05, 0.1) is 11.3 Å².